The van der Waals surface area contributed by atoms with Crippen molar-refractivity contribution in [1.82, 2.24) is 15.6 Å². The van der Waals surface area contributed by atoms with Crippen molar-refractivity contribution in [3.05, 3.63) is 15.0 Å². The molecule has 1 heterocycles. The Bertz CT molecular complexity index is 488. The molecule has 1 aromatic rings. The molecule has 110 valence electrons. The Hall–Kier alpha value is -0.660. The highest BCUT2D eigenvalue weighted by molar-refractivity contribution is 9.11. The van der Waals surface area contributed by atoms with Gasteiger partial charge in [0.25, 0.3) is 0 Å². The average Bonchev–Trinajstić information content (AvgIpc) is 3.03. The number of aromatic nitrogens is 1. The zero-order chi connectivity index (χ0) is 14.1. The summed E-state index contributed by atoms with van der Waals surface area (Å²) < 4.78 is 0.957. The summed E-state index contributed by atoms with van der Waals surface area (Å²) in [5, 5.41) is 15.0. The quantitative estimate of drug-likeness (QED) is 0.772. The molecule has 7 heteroatoms. The van der Waals surface area contributed by atoms with E-state index in [0.717, 1.165) is 29.6 Å². The Morgan fingerprint density at radius 2 is 2.05 bits per heavy atom. The van der Waals surface area contributed by atoms with E-state index in [1.54, 1.807) is 11.3 Å². The summed E-state index contributed by atoms with van der Waals surface area (Å²) in [6, 6.07) is 1.25. The lowest BCUT2D eigenvalue weighted by atomic mass is 9.91. The molecule has 5 nitrogen and oxygen atoms in total. The van der Waals surface area contributed by atoms with E-state index in [2.05, 4.69) is 31.5 Å². The molecular formula is C13H18BrN3O2S. The maximum absolute atomic E-state index is 10.6. The molecule has 2 saturated carbocycles. The zero-order valence-electron chi connectivity index (χ0n) is 11.0. The molecule has 2 atom stereocenters. The van der Waals surface area contributed by atoms with Gasteiger partial charge in [0.2, 0.25) is 0 Å². The van der Waals surface area contributed by atoms with Crippen LogP contribution in [0.5, 0.6) is 0 Å². The minimum Gasteiger partial charge on any atom is -0.465 e. The predicted molar refractivity (Wildman–Crippen MR) is 81.3 cm³/mol. The Morgan fingerprint density at radius 1 is 1.35 bits per heavy atom. The van der Waals surface area contributed by atoms with Gasteiger partial charge in [0.05, 0.1) is 0 Å². The van der Waals surface area contributed by atoms with Crippen LogP contribution in [0.4, 0.5) is 4.79 Å². The number of amides is 1. The smallest absolute Gasteiger partial charge is 0.404 e. The lowest BCUT2D eigenvalue weighted by Crippen LogP contribution is -2.42. The van der Waals surface area contributed by atoms with Crippen LogP contribution in [-0.2, 0) is 0 Å². The van der Waals surface area contributed by atoms with Crippen LogP contribution in [0, 0.1) is 0 Å². The second-order valence-electron chi connectivity index (χ2n) is 5.63. The third kappa shape index (κ3) is 3.51. The first-order valence-corrected chi connectivity index (χ1v) is 8.59. The highest BCUT2D eigenvalue weighted by atomic mass is 79.9. The maximum Gasteiger partial charge on any atom is 0.404 e. The van der Waals surface area contributed by atoms with Crippen LogP contribution < -0.4 is 10.6 Å². The highest BCUT2D eigenvalue weighted by Crippen LogP contribution is 2.44. The van der Waals surface area contributed by atoms with E-state index in [0.29, 0.717) is 18.0 Å². The normalized spacial score (nSPS) is 32.9. The van der Waals surface area contributed by atoms with Crippen LogP contribution in [0.1, 0.15) is 42.9 Å². The number of hydrogen-bond donors (Lipinski definition) is 3. The molecule has 1 amide bonds. The fourth-order valence-electron chi connectivity index (χ4n) is 3.01. The van der Waals surface area contributed by atoms with Gasteiger partial charge >= 0.3 is 6.09 Å². The summed E-state index contributed by atoms with van der Waals surface area (Å²) >= 11 is 5.13. The molecule has 0 unspecified atom stereocenters. The minimum atomic E-state index is -0.903. The van der Waals surface area contributed by atoms with Crippen molar-refractivity contribution < 1.29 is 9.90 Å². The molecule has 3 rings (SSSR count). The van der Waals surface area contributed by atoms with Gasteiger partial charge in [-0.2, -0.15) is 0 Å². The van der Waals surface area contributed by atoms with Crippen molar-refractivity contribution in [3.63, 3.8) is 0 Å². The van der Waals surface area contributed by atoms with Crippen LogP contribution in [0.25, 0.3) is 0 Å². The van der Waals surface area contributed by atoms with Crippen molar-refractivity contribution in [2.75, 3.05) is 0 Å². The fourth-order valence-corrected chi connectivity index (χ4v) is 4.49. The largest absolute Gasteiger partial charge is 0.465 e. The monoisotopic (exact) mass is 359 g/mol. The van der Waals surface area contributed by atoms with Crippen molar-refractivity contribution >= 4 is 33.4 Å². The number of thiazole rings is 1. The van der Waals surface area contributed by atoms with Gasteiger partial charge in [-0.25, -0.2) is 9.78 Å². The molecule has 0 saturated heterocycles. The van der Waals surface area contributed by atoms with Crippen molar-refractivity contribution in [2.45, 2.75) is 56.1 Å². The van der Waals surface area contributed by atoms with Crippen LogP contribution in [-0.4, -0.2) is 34.3 Å². The van der Waals surface area contributed by atoms with Gasteiger partial charge in [0.1, 0.15) is 0 Å². The maximum atomic E-state index is 10.6. The predicted octanol–water partition coefficient (Wildman–Crippen LogP) is 2.93. The first-order chi connectivity index (χ1) is 9.61. The minimum absolute atomic E-state index is 0.137. The van der Waals surface area contributed by atoms with Crippen LogP contribution in [0.3, 0.4) is 0 Å². The molecule has 3 N–H and O–H groups in total. The van der Waals surface area contributed by atoms with Crippen molar-refractivity contribution in [3.8, 4) is 0 Å². The Kier molecular flexibility index (Phi) is 4.28. The van der Waals surface area contributed by atoms with Crippen LogP contribution >= 0.6 is 27.3 Å². The number of carbonyl (C=O) groups is 1. The summed E-state index contributed by atoms with van der Waals surface area (Å²) in [4.78, 5) is 16.2. The number of rotatable bonds is 4. The third-order valence-electron chi connectivity index (χ3n) is 4.16. The van der Waals surface area contributed by atoms with Gasteiger partial charge in [-0.15, -0.1) is 11.3 Å². The number of nitrogens with zero attached hydrogens (tertiary/aromatic N) is 1. The molecule has 20 heavy (non-hydrogen) atoms. The Balaban J connectivity index is 1.42. The standard InChI is InChI=1S/C13H18BrN3O2S/c14-12-15-6-11(20-12)9-5-10(9)16-7-1-3-8(4-2-7)17-13(18)19/h6-10,16-17H,1-5H2,(H,18,19)/t7?,8?,9-,10-/m1/s1. The second-order valence-corrected chi connectivity index (χ2v) is 7.97. The summed E-state index contributed by atoms with van der Waals surface area (Å²) in [6.07, 6.45) is 6.25. The van der Waals surface area contributed by atoms with E-state index in [1.807, 2.05) is 6.20 Å². The van der Waals surface area contributed by atoms with Gasteiger partial charge in [-0.05, 0) is 48.0 Å². The molecule has 2 aliphatic rings. The van der Waals surface area contributed by atoms with Crippen molar-refractivity contribution in [1.29, 1.82) is 0 Å². The fraction of sp³-hybridized carbons (Fsp3) is 0.692. The van der Waals surface area contributed by atoms with E-state index < -0.39 is 6.09 Å². The van der Waals surface area contributed by atoms with E-state index in [4.69, 9.17) is 5.11 Å². The van der Waals surface area contributed by atoms with Crippen LogP contribution in [0.15, 0.2) is 10.1 Å². The summed E-state index contributed by atoms with van der Waals surface area (Å²) in [5.41, 5.74) is 0. The second kappa shape index (κ2) is 5.99. The molecule has 2 fully saturated rings. The molecular weight excluding hydrogens is 342 g/mol. The molecule has 0 aliphatic heterocycles. The topological polar surface area (TPSA) is 74.2 Å². The first kappa shape index (κ1) is 14.3. The van der Waals surface area contributed by atoms with Gasteiger partial charge in [0, 0.05) is 35.1 Å². The molecule has 0 aromatic carbocycles. The first-order valence-electron chi connectivity index (χ1n) is 6.98. The molecule has 0 radical (unpaired) electrons. The van der Waals surface area contributed by atoms with Gasteiger partial charge < -0.3 is 15.7 Å². The molecule has 0 spiro atoms. The van der Waals surface area contributed by atoms with Crippen LogP contribution in [0.2, 0.25) is 0 Å². The summed E-state index contributed by atoms with van der Waals surface area (Å²) in [5.74, 6) is 0.619. The Morgan fingerprint density at radius 3 is 2.65 bits per heavy atom. The van der Waals surface area contributed by atoms with E-state index >= 15 is 0 Å². The molecule has 1 aromatic heterocycles. The number of halogens is 1. The molecule has 2 aliphatic carbocycles. The van der Waals surface area contributed by atoms with Gasteiger partial charge in [-0.1, -0.05) is 0 Å². The average molecular weight is 360 g/mol. The van der Waals surface area contributed by atoms with Crippen molar-refractivity contribution in [2.24, 2.45) is 0 Å². The SMILES string of the molecule is O=C(O)NC1CCC(N[C@@H]2C[C@H]2c2cnc(Br)s2)CC1. The summed E-state index contributed by atoms with van der Waals surface area (Å²) in [6.45, 7) is 0. The lowest BCUT2D eigenvalue weighted by molar-refractivity contribution is 0.183. The Labute approximate surface area is 130 Å². The lowest BCUT2D eigenvalue weighted by Gasteiger charge is -2.29. The summed E-state index contributed by atoms with van der Waals surface area (Å²) in [7, 11) is 0. The van der Waals surface area contributed by atoms with E-state index in [-0.39, 0.29) is 6.04 Å². The van der Waals surface area contributed by atoms with Gasteiger partial charge in [-0.3, -0.25) is 0 Å². The zero-order valence-corrected chi connectivity index (χ0v) is 13.4. The van der Waals surface area contributed by atoms with Gasteiger partial charge in [0.15, 0.2) is 3.92 Å². The highest BCUT2D eigenvalue weighted by Gasteiger charge is 2.41. The van der Waals surface area contributed by atoms with E-state index in [1.165, 1.54) is 11.3 Å². The number of nitrogens with one attached hydrogen (secondary N) is 2. The number of carboxylic acid groups (broad SMARTS) is 1. The van der Waals surface area contributed by atoms with E-state index in [9.17, 15) is 4.79 Å². The third-order valence-corrected chi connectivity index (χ3v) is 5.76. The number of hydrogen-bond acceptors (Lipinski definition) is 4. The molecule has 0 bridgehead atoms.